The normalized spacial score (nSPS) is 43.9. The fourth-order valence-electron chi connectivity index (χ4n) is 8.20. The quantitative estimate of drug-likeness (QED) is 0.655. The predicted octanol–water partition coefficient (Wildman–Crippen LogP) is 4.77. The minimum absolute atomic E-state index is 0.202. The van der Waals surface area contributed by atoms with E-state index in [-0.39, 0.29) is 23.3 Å². The van der Waals surface area contributed by atoms with E-state index in [1.54, 1.807) is 11.8 Å². The van der Waals surface area contributed by atoms with Crippen molar-refractivity contribution in [1.82, 2.24) is 10.6 Å². The summed E-state index contributed by atoms with van der Waals surface area (Å²) in [7, 11) is 0. The fourth-order valence-corrected chi connectivity index (χ4v) is 8.77. The number of amides is 2. The maximum Gasteiger partial charge on any atom is 0.230 e. The molecule has 8 atom stereocenters. The maximum absolute atomic E-state index is 12.5. The molecule has 0 radical (unpaired) electrons. The van der Waals surface area contributed by atoms with Crippen molar-refractivity contribution in [2.75, 3.05) is 5.75 Å². The lowest BCUT2D eigenvalue weighted by atomic mass is 9.47. The van der Waals surface area contributed by atoms with Crippen LogP contribution in [0, 0.1) is 34.5 Å². The van der Waals surface area contributed by atoms with Crippen LogP contribution in [0.15, 0.2) is 0 Å². The van der Waals surface area contributed by atoms with Gasteiger partial charge in [0.05, 0.1) is 5.75 Å². The fraction of sp³-hybridized carbons (Fsp3) is 0.920. The van der Waals surface area contributed by atoms with E-state index in [9.17, 15) is 9.59 Å². The number of carbonyl (C=O) groups excluding carboxylic acids is 2. The van der Waals surface area contributed by atoms with Gasteiger partial charge in [0.1, 0.15) is 0 Å². The van der Waals surface area contributed by atoms with Crippen LogP contribution in [0.3, 0.4) is 0 Å². The van der Waals surface area contributed by atoms with Gasteiger partial charge in [-0.25, -0.2) is 0 Å². The molecule has 170 valence electrons. The zero-order valence-corrected chi connectivity index (χ0v) is 20.4. The Labute approximate surface area is 187 Å². The molecular weight excluding hydrogens is 392 g/mol. The summed E-state index contributed by atoms with van der Waals surface area (Å²) in [6, 6.07) is 0.649. The molecule has 30 heavy (non-hydrogen) atoms. The molecule has 3 saturated carbocycles. The van der Waals surface area contributed by atoms with Gasteiger partial charge in [0.25, 0.3) is 0 Å². The first-order valence-corrected chi connectivity index (χ1v) is 13.4. The Balaban J connectivity index is 1.45. The van der Waals surface area contributed by atoms with Gasteiger partial charge in [-0.3, -0.25) is 9.59 Å². The average molecular weight is 435 g/mol. The molecule has 5 heteroatoms. The summed E-state index contributed by atoms with van der Waals surface area (Å²) < 4.78 is 0. The van der Waals surface area contributed by atoms with Crippen LogP contribution < -0.4 is 10.6 Å². The highest BCUT2D eigenvalue weighted by Crippen LogP contribution is 2.65. The second kappa shape index (κ2) is 8.33. The summed E-state index contributed by atoms with van der Waals surface area (Å²) in [4.78, 5) is 24.5. The molecule has 0 aromatic heterocycles. The molecule has 4 fully saturated rings. The first-order valence-electron chi connectivity index (χ1n) is 12.4. The van der Waals surface area contributed by atoms with E-state index in [1.165, 1.54) is 32.1 Å². The molecule has 4 aliphatic rings. The van der Waals surface area contributed by atoms with Crippen LogP contribution in [0.25, 0.3) is 0 Å². The Morgan fingerprint density at radius 3 is 2.53 bits per heavy atom. The molecule has 1 saturated heterocycles. The first-order chi connectivity index (χ1) is 14.1. The lowest BCUT2D eigenvalue weighted by molar-refractivity contribution is -0.137. The predicted molar refractivity (Wildman–Crippen MR) is 124 cm³/mol. The zero-order valence-electron chi connectivity index (χ0n) is 19.6. The molecule has 3 aliphatic carbocycles. The van der Waals surface area contributed by atoms with Gasteiger partial charge >= 0.3 is 0 Å². The standard InChI is InChI=1S/C25H42N2O2S/c1-15(2)30-14-23(29)26-16(3)18-7-8-19-17-6-9-21-25(5,13-11-22(28)27-21)20(17)10-12-24(18,19)4/h15-21H,6-14H2,1-5H3,(H,26,29)(H,27,28)/t16?,17-,18+,19-,20-,21?,24+,25+/m0/s1. The summed E-state index contributed by atoms with van der Waals surface area (Å²) in [5.41, 5.74) is 0.629. The van der Waals surface area contributed by atoms with Gasteiger partial charge in [-0.05, 0) is 91.6 Å². The second-order valence-electron chi connectivity index (χ2n) is 11.5. The molecule has 0 aromatic carbocycles. The molecule has 1 aliphatic heterocycles. The summed E-state index contributed by atoms with van der Waals surface area (Å²) in [5, 5.41) is 7.19. The summed E-state index contributed by atoms with van der Waals surface area (Å²) in [6.45, 7) is 11.6. The van der Waals surface area contributed by atoms with Crippen LogP contribution in [0.4, 0.5) is 0 Å². The van der Waals surface area contributed by atoms with Crippen LogP contribution in [0.5, 0.6) is 0 Å². The van der Waals surface area contributed by atoms with Gasteiger partial charge in [-0.1, -0.05) is 27.7 Å². The molecule has 2 N–H and O–H groups in total. The number of nitrogens with one attached hydrogen (secondary N) is 2. The molecule has 0 spiro atoms. The lowest BCUT2D eigenvalue weighted by Gasteiger charge is -2.60. The van der Waals surface area contributed by atoms with Crippen LogP contribution in [0.2, 0.25) is 0 Å². The molecule has 1 heterocycles. The van der Waals surface area contributed by atoms with Crippen LogP contribution in [-0.2, 0) is 9.59 Å². The monoisotopic (exact) mass is 434 g/mol. The Bertz CT molecular complexity index is 682. The van der Waals surface area contributed by atoms with Crippen LogP contribution >= 0.6 is 11.8 Å². The van der Waals surface area contributed by atoms with E-state index in [4.69, 9.17) is 0 Å². The van der Waals surface area contributed by atoms with Crippen LogP contribution in [-0.4, -0.2) is 34.9 Å². The van der Waals surface area contributed by atoms with Gasteiger partial charge in [0.2, 0.25) is 11.8 Å². The van der Waals surface area contributed by atoms with E-state index in [1.807, 2.05) is 0 Å². The summed E-state index contributed by atoms with van der Waals surface area (Å²) in [6.07, 6.45) is 9.33. The number of thioether (sulfide) groups is 1. The molecule has 2 amide bonds. The SMILES string of the molecule is CC(C)SCC(=O)NC(C)[C@H]1CC[C@H]2[C@@H]3CCC4NC(=O)CC[C@]4(C)[C@H]3CC[C@]12C. The van der Waals surface area contributed by atoms with E-state index >= 15 is 0 Å². The Morgan fingerprint density at radius 2 is 1.80 bits per heavy atom. The largest absolute Gasteiger partial charge is 0.353 e. The van der Waals surface area contributed by atoms with Crippen molar-refractivity contribution in [3.63, 3.8) is 0 Å². The highest BCUT2D eigenvalue weighted by atomic mass is 32.2. The zero-order chi connectivity index (χ0) is 21.7. The average Bonchev–Trinajstić information content (AvgIpc) is 3.04. The van der Waals surface area contributed by atoms with E-state index in [2.05, 4.69) is 45.3 Å². The summed E-state index contributed by atoms with van der Waals surface area (Å²) in [5.74, 6) is 3.95. The molecule has 4 nitrogen and oxygen atoms in total. The minimum atomic E-state index is 0.202. The Kier molecular flexibility index (Phi) is 6.24. The lowest BCUT2D eigenvalue weighted by Crippen LogP contribution is -2.61. The highest BCUT2D eigenvalue weighted by Gasteiger charge is 2.60. The number of fused-ring (bicyclic) bond motifs is 5. The highest BCUT2D eigenvalue weighted by molar-refractivity contribution is 8.00. The smallest absolute Gasteiger partial charge is 0.230 e. The van der Waals surface area contributed by atoms with Crippen molar-refractivity contribution in [3.05, 3.63) is 0 Å². The first kappa shape index (κ1) is 22.5. The molecule has 0 aromatic rings. The van der Waals surface area contributed by atoms with E-state index in [0.29, 0.717) is 34.8 Å². The molecule has 2 unspecified atom stereocenters. The molecule has 4 rings (SSSR count). The van der Waals surface area contributed by atoms with Crippen molar-refractivity contribution in [2.45, 2.75) is 103 Å². The minimum Gasteiger partial charge on any atom is -0.353 e. The van der Waals surface area contributed by atoms with Crippen LogP contribution in [0.1, 0.15) is 86.0 Å². The second-order valence-corrected chi connectivity index (χ2v) is 13.1. The number of piperidine rings is 1. The Hall–Kier alpha value is -0.710. The number of hydrogen-bond acceptors (Lipinski definition) is 3. The molecular formula is C25H42N2O2S. The summed E-state index contributed by atoms with van der Waals surface area (Å²) >= 11 is 1.73. The third kappa shape index (κ3) is 3.82. The topological polar surface area (TPSA) is 58.2 Å². The third-order valence-corrected chi connectivity index (χ3v) is 10.8. The van der Waals surface area contributed by atoms with Gasteiger partial charge in [-0.15, -0.1) is 11.8 Å². The van der Waals surface area contributed by atoms with Gasteiger partial charge in [0.15, 0.2) is 0 Å². The number of carbonyl (C=O) groups is 2. The van der Waals surface area contributed by atoms with E-state index in [0.717, 1.165) is 30.6 Å². The van der Waals surface area contributed by atoms with Crippen molar-refractivity contribution >= 4 is 23.6 Å². The van der Waals surface area contributed by atoms with Crippen molar-refractivity contribution in [3.8, 4) is 0 Å². The van der Waals surface area contributed by atoms with E-state index < -0.39 is 0 Å². The van der Waals surface area contributed by atoms with Gasteiger partial charge in [0, 0.05) is 18.5 Å². The van der Waals surface area contributed by atoms with Crippen molar-refractivity contribution in [1.29, 1.82) is 0 Å². The third-order valence-electron chi connectivity index (χ3n) is 9.71. The Morgan fingerprint density at radius 1 is 1.07 bits per heavy atom. The number of hydrogen-bond donors (Lipinski definition) is 2. The van der Waals surface area contributed by atoms with Gasteiger partial charge in [-0.2, -0.15) is 0 Å². The molecule has 0 bridgehead atoms. The maximum atomic E-state index is 12.5. The van der Waals surface area contributed by atoms with Crippen molar-refractivity contribution in [2.24, 2.45) is 34.5 Å². The van der Waals surface area contributed by atoms with Crippen molar-refractivity contribution < 1.29 is 9.59 Å². The van der Waals surface area contributed by atoms with Gasteiger partial charge < -0.3 is 10.6 Å². The number of rotatable bonds is 5.